The zero-order valence-corrected chi connectivity index (χ0v) is 23.2. The summed E-state index contributed by atoms with van der Waals surface area (Å²) in [6, 6.07) is 6.70. The number of ketones is 2. The lowest BCUT2D eigenvalue weighted by Gasteiger charge is -2.42. The van der Waals surface area contributed by atoms with Crippen LogP contribution in [0.2, 0.25) is 5.02 Å². The smallest absolute Gasteiger partial charge is 0.336 e. The molecule has 10 nitrogen and oxygen atoms in total. The summed E-state index contributed by atoms with van der Waals surface area (Å²) < 4.78 is 33.3. The SMILES string of the molecule is COC(=O)C1=C(C)NC2=C(C(=O)[C@@]3(Oc4c(Cl)c(OC)cc(OC)c4C3=O)[C@H](C)C2)C1c1ccc2c(c1)OCO2. The number of carbonyl (C=O) groups excluding carboxylic acids is 3. The monoisotopic (exact) mass is 567 g/mol. The molecule has 3 atom stereocenters. The van der Waals surface area contributed by atoms with Crippen molar-refractivity contribution >= 4 is 29.1 Å². The predicted octanol–water partition coefficient (Wildman–Crippen LogP) is 4.10. The quantitative estimate of drug-likeness (QED) is 0.427. The molecule has 0 saturated heterocycles. The summed E-state index contributed by atoms with van der Waals surface area (Å²) in [5.41, 5.74) is 0.328. The molecule has 4 aliphatic rings. The van der Waals surface area contributed by atoms with E-state index in [4.69, 9.17) is 40.0 Å². The predicted molar refractivity (Wildman–Crippen MR) is 141 cm³/mol. The zero-order chi connectivity index (χ0) is 28.5. The number of hydrogen-bond acceptors (Lipinski definition) is 10. The van der Waals surface area contributed by atoms with Crippen LogP contribution < -0.4 is 29.0 Å². The van der Waals surface area contributed by atoms with Crippen molar-refractivity contribution in [1.82, 2.24) is 5.32 Å². The number of ether oxygens (including phenoxy) is 6. The van der Waals surface area contributed by atoms with Crippen molar-refractivity contribution in [3.63, 3.8) is 0 Å². The molecule has 1 unspecified atom stereocenters. The lowest BCUT2D eigenvalue weighted by Crippen LogP contribution is -2.58. The molecule has 0 fully saturated rings. The van der Waals surface area contributed by atoms with Crippen LogP contribution >= 0.6 is 11.6 Å². The molecule has 2 aromatic carbocycles. The Hall–Kier alpha value is -4.18. The Morgan fingerprint density at radius 1 is 1.05 bits per heavy atom. The third kappa shape index (κ3) is 3.38. The number of methoxy groups -OCH3 is 3. The Morgan fingerprint density at radius 3 is 2.48 bits per heavy atom. The van der Waals surface area contributed by atoms with Crippen LogP contribution in [0.4, 0.5) is 0 Å². The number of halogens is 1. The van der Waals surface area contributed by atoms with Gasteiger partial charge in [0.15, 0.2) is 17.2 Å². The number of nitrogens with one attached hydrogen (secondary N) is 1. The first-order valence-electron chi connectivity index (χ1n) is 12.6. The van der Waals surface area contributed by atoms with E-state index in [9.17, 15) is 14.4 Å². The van der Waals surface area contributed by atoms with Gasteiger partial charge in [-0.3, -0.25) is 9.59 Å². The van der Waals surface area contributed by atoms with Gasteiger partial charge in [-0.1, -0.05) is 24.6 Å². The van der Waals surface area contributed by atoms with E-state index in [1.807, 2.05) is 0 Å². The van der Waals surface area contributed by atoms with E-state index in [-0.39, 0.29) is 52.2 Å². The average Bonchev–Trinajstić information content (AvgIpc) is 3.54. The molecule has 1 aliphatic carbocycles. The van der Waals surface area contributed by atoms with Gasteiger partial charge in [-0.05, 0) is 31.0 Å². The van der Waals surface area contributed by atoms with Gasteiger partial charge in [-0.2, -0.15) is 0 Å². The fourth-order valence-corrected chi connectivity index (χ4v) is 6.35. The van der Waals surface area contributed by atoms with Gasteiger partial charge in [-0.25, -0.2) is 4.79 Å². The van der Waals surface area contributed by atoms with Crippen LogP contribution in [-0.4, -0.2) is 51.3 Å². The zero-order valence-electron chi connectivity index (χ0n) is 22.4. The van der Waals surface area contributed by atoms with Crippen molar-refractivity contribution in [3.05, 3.63) is 63.0 Å². The maximum absolute atomic E-state index is 14.7. The molecule has 208 valence electrons. The maximum atomic E-state index is 14.7. The van der Waals surface area contributed by atoms with Gasteiger partial charge in [0.1, 0.15) is 22.1 Å². The minimum absolute atomic E-state index is 0.0235. The van der Waals surface area contributed by atoms with E-state index in [1.54, 1.807) is 32.0 Å². The lowest BCUT2D eigenvalue weighted by molar-refractivity contribution is -0.136. The van der Waals surface area contributed by atoms with Crippen LogP contribution in [0.5, 0.6) is 28.7 Å². The molecule has 0 bridgehead atoms. The molecule has 0 amide bonds. The third-order valence-corrected chi connectivity index (χ3v) is 8.34. The molecule has 0 radical (unpaired) electrons. The highest BCUT2D eigenvalue weighted by molar-refractivity contribution is 6.36. The number of dihydropyridines is 1. The topological polar surface area (TPSA) is 119 Å². The van der Waals surface area contributed by atoms with Gasteiger partial charge < -0.3 is 33.7 Å². The van der Waals surface area contributed by atoms with E-state index in [0.717, 1.165) is 0 Å². The van der Waals surface area contributed by atoms with Crippen LogP contribution in [0.15, 0.2) is 46.8 Å². The van der Waals surface area contributed by atoms with Crippen LogP contribution in [0.25, 0.3) is 0 Å². The number of benzene rings is 2. The average molecular weight is 568 g/mol. The Labute approximate surface area is 234 Å². The van der Waals surface area contributed by atoms with Crippen molar-refractivity contribution in [3.8, 4) is 28.7 Å². The molecule has 40 heavy (non-hydrogen) atoms. The molecule has 2 aromatic rings. The second-order valence-corrected chi connectivity index (χ2v) is 10.4. The summed E-state index contributed by atoms with van der Waals surface area (Å²) in [6.45, 7) is 3.58. The van der Waals surface area contributed by atoms with E-state index < -0.39 is 35.0 Å². The lowest BCUT2D eigenvalue weighted by atomic mass is 9.65. The Balaban J connectivity index is 1.54. The van der Waals surface area contributed by atoms with Crippen LogP contribution in [0.1, 0.15) is 42.1 Å². The molecule has 1 N–H and O–H groups in total. The van der Waals surface area contributed by atoms with Crippen molar-refractivity contribution in [1.29, 1.82) is 0 Å². The number of hydrogen-bond donors (Lipinski definition) is 1. The fraction of sp³-hybridized carbons (Fsp3) is 0.345. The normalized spacial score (nSPS) is 24.4. The Kier molecular flexibility index (Phi) is 5.99. The summed E-state index contributed by atoms with van der Waals surface area (Å²) in [6.07, 6.45) is 0.282. The molecule has 0 aromatic heterocycles. The van der Waals surface area contributed by atoms with Crippen molar-refractivity contribution in [2.24, 2.45) is 5.92 Å². The van der Waals surface area contributed by atoms with Crippen LogP contribution in [0.3, 0.4) is 0 Å². The highest BCUT2D eigenvalue weighted by Crippen LogP contribution is 2.56. The standard InChI is InChI=1S/C29H26ClNO9/c1-12-8-15-22(26(32)29(12)27(33)23-18(35-3)10-19(36-4)24(30)25(23)40-29)21(20(13(2)31-15)28(34)37-5)14-6-7-16-17(9-14)39-11-38-16/h6-7,9-10,12,21,31H,8,11H2,1-5H3/t12-,21?,29+/m1/s1. The van der Waals surface area contributed by atoms with Gasteiger partial charge in [0.2, 0.25) is 24.0 Å². The maximum Gasteiger partial charge on any atom is 0.336 e. The minimum Gasteiger partial charge on any atom is -0.496 e. The van der Waals surface area contributed by atoms with Gasteiger partial charge in [-0.15, -0.1) is 0 Å². The summed E-state index contributed by atoms with van der Waals surface area (Å²) in [5, 5.41) is 3.29. The molecule has 11 heteroatoms. The minimum atomic E-state index is -1.94. The van der Waals surface area contributed by atoms with E-state index >= 15 is 0 Å². The van der Waals surface area contributed by atoms with Crippen molar-refractivity contribution in [2.45, 2.75) is 31.8 Å². The second kappa shape index (κ2) is 9.19. The second-order valence-electron chi connectivity index (χ2n) is 9.99. The molecular formula is C29H26ClNO9. The number of carbonyl (C=O) groups is 3. The number of fused-ring (bicyclic) bond motifs is 2. The first kappa shape index (κ1) is 26.1. The largest absolute Gasteiger partial charge is 0.496 e. The summed E-state index contributed by atoms with van der Waals surface area (Å²) in [5.74, 6) is -1.76. The molecule has 6 rings (SSSR count). The first-order chi connectivity index (χ1) is 19.2. The third-order valence-electron chi connectivity index (χ3n) is 7.98. The summed E-state index contributed by atoms with van der Waals surface area (Å²) in [7, 11) is 4.11. The van der Waals surface area contributed by atoms with Crippen molar-refractivity contribution in [2.75, 3.05) is 28.1 Å². The van der Waals surface area contributed by atoms with Gasteiger partial charge in [0, 0.05) is 34.9 Å². The highest BCUT2D eigenvalue weighted by Gasteiger charge is 2.63. The van der Waals surface area contributed by atoms with Crippen LogP contribution in [-0.2, 0) is 14.3 Å². The Bertz CT molecular complexity index is 1580. The molecule has 3 heterocycles. The first-order valence-corrected chi connectivity index (χ1v) is 13.0. The van der Waals surface area contributed by atoms with Gasteiger partial charge in [0.05, 0.1) is 26.9 Å². The Morgan fingerprint density at radius 2 is 1.77 bits per heavy atom. The molecule has 3 aliphatic heterocycles. The summed E-state index contributed by atoms with van der Waals surface area (Å²) >= 11 is 6.58. The van der Waals surface area contributed by atoms with E-state index in [0.29, 0.717) is 28.5 Å². The number of rotatable bonds is 4. The molecule has 1 spiro atoms. The number of Topliss-reactive ketones (excluding diaryl/α,β-unsaturated/α-hetero) is 2. The number of esters is 1. The highest BCUT2D eigenvalue weighted by atomic mass is 35.5. The van der Waals surface area contributed by atoms with Gasteiger partial charge in [0.25, 0.3) is 0 Å². The van der Waals surface area contributed by atoms with Crippen molar-refractivity contribution < 1.29 is 42.8 Å². The molecular weight excluding hydrogens is 542 g/mol. The van der Waals surface area contributed by atoms with Crippen LogP contribution in [0, 0.1) is 5.92 Å². The molecule has 0 saturated carbocycles. The van der Waals surface area contributed by atoms with Gasteiger partial charge >= 0.3 is 5.97 Å². The summed E-state index contributed by atoms with van der Waals surface area (Å²) in [4.78, 5) is 42.1. The fourth-order valence-electron chi connectivity index (χ4n) is 6.08. The van der Waals surface area contributed by atoms with E-state index in [1.165, 1.54) is 27.4 Å². The number of allylic oxidation sites excluding steroid dienone is 2. The van der Waals surface area contributed by atoms with E-state index in [2.05, 4.69) is 5.32 Å².